The van der Waals surface area contributed by atoms with Crippen molar-refractivity contribution in [1.82, 2.24) is 4.98 Å². The van der Waals surface area contributed by atoms with Crippen molar-refractivity contribution in [3.05, 3.63) is 82.9 Å². The van der Waals surface area contributed by atoms with Gasteiger partial charge in [0.15, 0.2) is 5.78 Å². The van der Waals surface area contributed by atoms with E-state index in [1.165, 1.54) is 11.0 Å². The second-order valence-electron chi connectivity index (χ2n) is 7.55. The van der Waals surface area contributed by atoms with Gasteiger partial charge >= 0.3 is 0 Å². The fraction of sp³-hybridized carbons (Fsp3) is 0.269. The Kier molecular flexibility index (Phi) is 8.12. The van der Waals surface area contributed by atoms with Gasteiger partial charge < -0.3 is 4.90 Å². The topological polar surface area (TPSA) is 50.3 Å². The maximum Gasteiger partial charge on any atom is 0.226 e. The highest BCUT2D eigenvalue weighted by atomic mass is 35.5. The Hall–Kier alpha value is -3.05. The Bertz CT molecular complexity index is 1080. The minimum Gasteiger partial charge on any atom is -0.310 e. The van der Waals surface area contributed by atoms with Crippen LogP contribution in [-0.4, -0.2) is 23.2 Å². The van der Waals surface area contributed by atoms with Crippen LogP contribution in [-0.2, 0) is 11.2 Å². The lowest BCUT2D eigenvalue weighted by atomic mass is 9.99. The molecule has 3 rings (SSSR count). The van der Waals surface area contributed by atoms with Crippen LogP contribution >= 0.6 is 11.6 Å². The molecule has 3 aromatic rings. The summed E-state index contributed by atoms with van der Waals surface area (Å²) in [4.78, 5) is 30.2. The minimum absolute atomic E-state index is 0.0290. The van der Waals surface area contributed by atoms with E-state index in [4.69, 9.17) is 11.6 Å². The Morgan fingerprint density at radius 2 is 1.72 bits per heavy atom. The molecule has 32 heavy (non-hydrogen) atoms. The molecule has 0 N–H and O–H groups in total. The summed E-state index contributed by atoms with van der Waals surface area (Å²) in [6, 6.07) is 15.6. The molecular weight excluding hydrogens is 427 g/mol. The third-order valence-corrected chi connectivity index (χ3v) is 5.48. The predicted octanol–water partition coefficient (Wildman–Crippen LogP) is 6.51. The van der Waals surface area contributed by atoms with E-state index in [1.54, 1.807) is 43.5 Å². The Morgan fingerprint density at radius 3 is 2.31 bits per heavy atom. The van der Waals surface area contributed by atoms with Crippen LogP contribution in [0.5, 0.6) is 0 Å². The Labute approximate surface area is 193 Å². The summed E-state index contributed by atoms with van der Waals surface area (Å²) in [7, 11) is 0. The molecule has 1 aromatic heterocycles. The fourth-order valence-electron chi connectivity index (χ4n) is 3.50. The summed E-state index contributed by atoms with van der Waals surface area (Å²) < 4.78 is 14.8. The van der Waals surface area contributed by atoms with Crippen molar-refractivity contribution in [2.24, 2.45) is 0 Å². The molecule has 0 aliphatic carbocycles. The predicted molar refractivity (Wildman–Crippen MR) is 127 cm³/mol. The largest absolute Gasteiger partial charge is 0.310 e. The molecule has 0 unspecified atom stereocenters. The molecule has 0 aliphatic heterocycles. The fourth-order valence-corrected chi connectivity index (χ4v) is 3.62. The molecule has 0 fully saturated rings. The molecule has 0 bridgehead atoms. The molecule has 1 heterocycles. The SMILES string of the molecule is CCCN(C(=O)CC)c1ccc(-c2ccc(C(=O)CCc3ccc(Cl)nc3)cc2)cc1F. The number of hydrogen-bond donors (Lipinski definition) is 0. The molecule has 6 heteroatoms. The van der Waals surface area contributed by atoms with Crippen LogP contribution in [0.4, 0.5) is 10.1 Å². The number of carbonyl (C=O) groups excluding carboxylic acids is 2. The molecule has 0 radical (unpaired) electrons. The number of anilines is 1. The molecule has 2 aromatic carbocycles. The average Bonchev–Trinajstić information content (AvgIpc) is 2.82. The van der Waals surface area contributed by atoms with Crippen molar-refractivity contribution >= 4 is 29.0 Å². The highest BCUT2D eigenvalue weighted by Gasteiger charge is 2.17. The third-order valence-electron chi connectivity index (χ3n) is 5.26. The number of halogens is 2. The third kappa shape index (κ3) is 5.80. The first-order valence-corrected chi connectivity index (χ1v) is 11.1. The summed E-state index contributed by atoms with van der Waals surface area (Å²) in [6.45, 7) is 4.20. The van der Waals surface area contributed by atoms with E-state index in [0.29, 0.717) is 47.8 Å². The molecule has 166 valence electrons. The monoisotopic (exact) mass is 452 g/mol. The van der Waals surface area contributed by atoms with Crippen LogP contribution in [0.1, 0.15) is 49.0 Å². The van der Waals surface area contributed by atoms with Crippen LogP contribution in [0.2, 0.25) is 5.15 Å². The summed E-state index contributed by atoms with van der Waals surface area (Å²) in [5.74, 6) is -0.508. The number of nitrogens with zero attached hydrogens (tertiary/aromatic N) is 2. The summed E-state index contributed by atoms with van der Waals surface area (Å²) >= 11 is 5.79. The highest BCUT2D eigenvalue weighted by molar-refractivity contribution is 6.29. The zero-order valence-corrected chi connectivity index (χ0v) is 19.0. The summed E-state index contributed by atoms with van der Waals surface area (Å²) in [5, 5.41) is 0.426. The smallest absolute Gasteiger partial charge is 0.226 e. The minimum atomic E-state index is -0.436. The molecule has 0 atom stereocenters. The van der Waals surface area contributed by atoms with Crippen molar-refractivity contribution in [1.29, 1.82) is 0 Å². The van der Waals surface area contributed by atoms with E-state index in [-0.39, 0.29) is 11.7 Å². The number of aryl methyl sites for hydroxylation is 1. The number of pyridine rings is 1. The van der Waals surface area contributed by atoms with Crippen molar-refractivity contribution < 1.29 is 14.0 Å². The van der Waals surface area contributed by atoms with Crippen LogP contribution in [0.25, 0.3) is 11.1 Å². The molecule has 1 amide bonds. The standard InChI is InChI=1S/C26H26ClFN2O2/c1-3-15-30(26(32)4-2)23-12-11-21(16-22(23)28)19-7-9-20(10-8-19)24(31)13-5-18-6-14-25(27)29-17-18/h6-12,14,16-17H,3-5,13,15H2,1-2H3. The van der Waals surface area contributed by atoms with Crippen LogP contribution in [0.15, 0.2) is 60.8 Å². The molecule has 0 spiro atoms. The second kappa shape index (κ2) is 11.0. The first kappa shape index (κ1) is 23.6. The Balaban J connectivity index is 1.71. The van der Waals surface area contributed by atoms with Gasteiger partial charge in [-0.15, -0.1) is 0 Å². The molecule has 0 aliphatic rings. The number of Topliss-reactive ketones (excluding diaryl/α,β-unsaturated/α-hetero) is 1. The van der Waals surface area contributed by atoms with Gasteiger partial charge in [0.05, 0.1) is 5.69 Å². The van der Waals surface area contributed by atoms with Gasteiger partial charge in [-0.2, -0.15) is 0 Å². The van der Waals surface area contributed by atoms with Crippen molar-refractivity contribution in [2.75, 3.05) is 11.4 Å². The molecular formula is C26H26ClFN2O2. The number of rotatable bonds is 9. The number of carbonyl (C=O) groups is 2. The summed E-state index contributed by atoms with van der Waals surface area (Å²) in [5.41, 5.74) is 3.35. The van der Waals surface area contributed by atoms with Gasteiger partial charge in [-0.1, -0.05) is 61.8 Å². The first-order chi connectivity index (χ1) is 15.4. The number of hydrogen-bond acceptors (Lipinski definition) is 3. The number of amides is 1. The van der Waals surface area contributed by atoms with E-state index in [2.05, 4.69) is 4.98 Å². The maximum atomic E-state index is 14.8. The van der Waals surface area contributed by atoms with Crippen LogP contribution in [0, 0.1) is 5.82 Å². The van der Waals surface area contributed by atoms with E-state index in [1.807, 2.05) is 25.1 Å². The normalized spacial score (nSPS) is 10.8. The lowest BCUT2D eigenvalue weighted by Gasteiger charge is -2.22. The lowest BCUT2D eigenvalue weighted by molar-refractivity contribution is -0.118. The lowest BCUT2D eigenvalue weighted by Crippen LogP contribution is -2.31. The van der Waals surface area contributed by atoms with E-state index < -0.39 is 5.82 Å². The second-order valence-corrected chi connectivity index (χ2v) is 7.94. The highest BCUT2D eigenvalue weighted by Crippen LogP contribution is 2.28. The van der Waals surface area contributed by atoms with Gasteiger partial charge in [0.2, 0.25) is 5.91 Å². The first-order valence-electron chi connectivity index (χ1n) is 10.8. The van der Waals surface area contributed by atoms with Gasteiger partial charge in [0.1, 0.15) is 11.0 Å². The van der Waals surface area contributed by atoms with Gasteiger partial charge in [-0.25, -0.2) is 9.37 Å². The van der Waals surface area contributed by atoms with Crippen molar-refractivity contribution in [3.63, 3.8) is 0 Å². The van der Waals surface area contributed by atoms with Crippen LogP contribution < -0.4 is 4.90 Å². The number of aromatic nitrogens is 1. The van der Waals surface area contributed by atoms with Gasteiger partial charge in [-0.3, -0.25) is 9.59 Å². The summed E-state index contributed by atoms with van der Waals surface area (Å²) in [6.07, 6.45) is 3.70. The Morgan fingerprint density at radius 1 is 1.00 bits per heavy atom. The zero-order valence-electron chi connectivity index (χ0n) is 18.3. The maximum absolute atomic E-state index is 14.8. The van der Waals surface area contributed by atoms with Gasteiger partial charge in [0, 0.05) is 31.1 Å². The van der Waals surface area contributed by atoms with E-state index >= 15 is 0 Å². The average molecular weight is 453 g/mol. The molecule has 0 saturated carbocycles. The molecule has 0 saturated heterocycles. The molecule has 4 nitrogen and oxygen atoms in total. The van der Waals surface area contributed by atoms with Crippen molar-refractivity contribution in [3.8, 4) is 11.1 Å². The quantitative estimate of drug-likeness (QED) is 0.274. The van der Waals surface area contributed by atoms with E-state index in [9.17, 15) is 14.0 Å². The van der Waals surface area contributed by atoms with Gasteiger partial charge in [-0.05, 0) is 47.7 Å². The zero-order chi connectivity index (χ0) is 23.1. The van der Waals surface area contributed by atoms with Crippen molar-refractivity contribution in [2.45, 2.75) is 39.5 Å². The van der Waals surface area contributed by atoms with E-state index in [0.717, 1.165) is 17.5 Å². The van der Waals surface area contributed by atoms with Gasteiger partial charge in [0.25, 0.3) is 0 Å². The number of ketones is 1. The van der Waals surface area contributed by atoms with Crippen LogP contribution in [0.3, 0.4) is 0 Å². The number of benzene rings is 2.